The average molecular weight is 317 g/mol. The largest absolute Gasteiger partial charge is 0.416 e. The lowest BCUT2D eigenvalue weighted by molar-refractivity contribution is -0.137. The van der Waals surface area contributed by atoms with Crippen molar-refractivity contribution in [3.63, 3.8) is 0 Å². The van der Waals surface area contributed by atoms with Gasteiger partial charge in [-0.15, -0.1) is 0 Å². The van der Waals surface area contributed by atoms with Gasteiger partial charge in [0.1, 0.15) is 0 Å². The molecule has 0 aliphatic rings. The van der Waals surface area contributed by atoms with E-state index in [2.05, 4.69) is 4.72 Å². The number of alkyl halides is 3. The summed E-state index contributed by atoms with van der Waals surface area (Å²) in [7, 11) is -4.03. The van der Waals surface area contributed by atoms with Gasteiger partial charge in [0.15, 0.2) is 0 Å². The maximum Gasteiger partial charge on any atom is 0.416 e. The molecule has 1 rings (SSSR count). The zero-order chi connectivity index (χ0) is 14.7. The van der Waals surface area contributed by atoms with Crippen LogP contribution in [0.25, 0.3) is 0 Å². The fraction of sp³-hybridized carbons (Fsp3) is 0.400. The van der Waals surface area contributed by atoms with Crippen molar-refractivity contribution in [2.45, 2.75) is 17.5 Å². The number of rotatable bonds is 5. The summed E-state index contributed by atoms with van der Waals surface area (Å²) in [6, 6.07) is 2.17. The Bertz CT molecular complexity index is 546. The Morgan fingerprint density at radius 3 is 2.42 bits per heavy atom. The summed E-state index contributed by atoms with van der Waals surface area (Å²) < 4.78 is 63.3. The highest BCUT2D eigenvalue weighted by Crippen LogP contribution is 2.32. The molecule has 0 aromatic heterocycles. The lowest BCUT2D eigenvalue weighted by Crippen LogP contribution is -2.26. The van der Waals surface area contributed by atoms with Gasteiger partial charge in [-0.2, -0.15) is 13.2 Å². The third-order valence-electron chi connectivity index (χ3n) is 2.18. The summed E-state index contributed by atoms with van der Waals surface area (Å²) in [6.07, 6.45) is -4.28. The van der Waals surface area contributed by atoms with Crippen molar-refractivity contribution >= 4 is 21.6 Å². The minimum Gasteiger partial charge on any atom is -0.330 e. The van der Waals surface area contributed by atoms with Crippen LogP contribution in [-0.4, -0.2) is 21.5 Å². The smallest absolute Gasteiger partial charge is 0.330 e. The highest BCUT2D eigenvalue weighted by molar-refractivity contribution is 7.89. The predicted molar refractivity (Wildman–Crippen MR) is 65.3 cm³/mol. The molecule has 0 fully saturated rings. The molecule has 0 aliphatic carbocycles. The number of benzene rings is 1. The van der Waals surface area contributed by atoms with E-state index in [4.69, 9.17) is 17.3 Å². The van der Waals surface area contributed by atoms with E-state index in [1.165, 1.54) is 0 Å². The SMILES string of the molecule is NCCCNS(=O)(=O)c1cc(Cl)cc(C(F)(F)F)c1. The van der Waals surface area contributed by atoms with Crippen LogP contribution in [0, 0.1) is 0 Å². The molecular weight excluding hydrogens is 305 g/mol. The highest BCUT2D eigenvalue weighted by Gasteiger charge is 2.32. The van der Waals surface area contributed by atoms with Crippen molar-refractivity contribution in [2.75, 3.05) is 13.1 Å². The fourth-order valence-electron chi connectivity index (χ4n) is 1.27. The molecule has 108 valence electrons. The first-order valence-electron chi connectivity index (χ1n) is 5.24. The second-order valence-corrected chi connectivity index (χ2v) is 5.92. The second-order valence-electron chi connectivity index (χ2n) is 3.71. The summed E-state index contributed by atoms with van der Waals surface area (Å²) in [5.74, 6) is 0. The molecular formula is C10H12ClF3N2O2S. The lowest BCUT2D eigenvalue weighted by atomic mass is 10.2. The lowest BCUT2D eigenvalue weighted by Gasteiger charge is -2.11. The van der Waals surface area contributed by atoms with Crippen LogP contribution in [0.2, 0.25) is 5.02 Å². The quantitative estimate of drug-likeness (QED) is 0.816. The molecule has 0 spiro atoms. The van der Waals surface area contributed by atoms with E-state index < -0.39 is 26.7 Å². The van der Waals surface area contributed by atoms with Crippen LogP contribution in [-0.2, 0) is 16.2 Å². The monoisotopic (exact) mass is 316 g/mol. The molecule has 9 heteroatoms. The molecule has 0 heterocycles. The number of hydrogen-bond donors (Lipinski definition) is 2. The van der Waals surface area contributed by atoms with Gasteiger partial charge in [0.2, 0.25) is 10.0 Å². The summed E-state index contributed by atoms with van der Waals surface area (Å²) in [5, 5.41) is -0.297. The molecule has 0 saturated carbocycles. The van der Waals surface area contributed by atoms with Crippen molar-refractivity contribution in [2.24, 2.45) is 5.73 Å². The average Bonchev–Trinajstić information content (AvgIpc) is 2.27. The molecule has 0 saturated heterocycles. The molecule has 0 aliphatic heterocycles. The van der Waals surface area contributed by atoms with Gasteiger partial charge in [-0.3, -0.25) is 0 Å². The molecule has 0 atom stereocenters. The van der Waals surface area contributed by atoms with E-state index in [1.54, 1.807) is 0 Å². The number of nitrogens with one attached hydrogen (secondary N) is 1. The molecule has 0 amide bonds. The van der Waals surface area contributed by atoms with E-state index in [0.717, 1.165) is 6.07 Å². The van der Waals surface area contributed by atoms with Gasteiger partial charge < -0.3 is 5.73 Å². The van der Waals surface area contributed by atoms with Gasteiger partial charge in [-0.25, -0.2) is 13.1 Å². The minimum absolute atomic E-state index is 0.0483. The van der Waals surface area contributed by atoms with Crippen LogP contribution in [0.4, 0.5) is 13.2 Å². The van der Waals surface area contributed by atoms with Gasteiger partial charge in [0.05, 0.1) is 10.5 Å². The summed E-state index contributed by atoms with van der Waals surface area (Å²) in [6.45, 7) is 0.318. The Balaban J connectivity index is 3.10. The Hall–Kier alpha value is -0.830. The van der Waals surface area contributed by atoms with E-state index >= 15 is 0 Å². The standard InChI is InChI=1S/C10H12ClF3N2O2S/c11-8-4-7(10(12,13)14)5-9(6-8)19(17,18)16-3-1-2-15/h4-6,16H,1-3,15H2. The number of halogens is 4. The van der Waals surface area contributed by atoms with Crippen LogP contribution in [0.5, 0.6) is 0 Å². The van der Waals surface area contributed by atoms with Crippen LogP contribution in [0.1, 0.15) is 12.0 Å². The van der Waals surface area contributed by atoms with Gasteiger partial charge in [0, 0.05) is 11.6 Å². The molecule has 3 N–H and O–H groups in total. The zero-order valence-electron chi connectivity index (χ0n) is 9.67. The number of hydrogen-bond acceptors (Lipinski definition) is 3. The first-order valence-corrected chi connectivity index (χ1v) is 7.10. The van der Waals surface area contributed by atoms with E-state index in [0.29, 0.717) is 18.6 Å². The number of sulfonamides is 1. The first kappa shape index (κ1) is 16.2. The highest BCUT2D eigenvalue weighted by atomic mass is 35.5. The molecule has 0 bridgehead atoms. The van der Waals surface area contributed by atoms with Crippen molar-refractivity contribution in [1.82, 2.24) is 4.72 Å². The van der Waals surface area contributed by atoms with Crippen LogP contribution >= 0.6 is 11.6 Å². The molecule has 1 aromatic carbocycles. The van der Waals surface area contributed by atoms with E-state index in [1.807, 2.05) is 0 Å². The fourth-order valence-corrected chi connectivity index (χ4v) is 2.72. The molecule has 19 heavy (non-hydrogen) atoms. The Kier molecular flexibility index (Phi) is 5.19. The zero-order valence-corrected chi connectivity index (χ0v) is 11.2. The number of nitrogens with two attached hydrogens (primary N) is 1. The van der Waals surface area contributed by atoms with Crippen molar-refractivity contribution in [3.05, 3.63) is 28.8 Å². The molecule has 0 radical (unpaired) electrons. The molecule has 0 unspecified atom stereocenters. The summed E-state index contributed by atoms with van der Waals surface area (Å²) in [5.41, 5.74) is 4.09. The first-order chi connectivity index (χ1) is 8.66. The second kappa shape index (κ2) is 6.08. The topological polar surface area (TPSA) is 72.2 Å². The normalized spacial score (nSPS) is 12.7. The van der Waals surface area contributed by atoms with Crippen LogP contribution < -0.4 is 10.5 Å². The van der Waals surface area contributed by atoms with Gasteiger partial charge >= 0.3 is 6.18 Å². The summed E-state index contributed by atoms with van der Waals surface area (Å²) in [4.78, 5) is -0.524. The van der Waals surface area contributed by atoms with Crippen LogP contribution in [0.3, 0.4) is 0 Å². The predicted octanol–water partition coefficient (Wildman–Crippen LogP) is 1.99. The molecule has 4 nitrogen and oxygen atoms in total. The Labute approximate surface area is 113 Å². The third-order valence-corrected chi connectivity index (χ3v) is 3.84. The van der Waals surface area contributed by atoms with Crippen molar-refractivity contribution in [1.29, 1.82) is 0 Å². The Morgan fingerprint density at radius 2 is 1.89 bits per heavy atom. The van der Waals surface area contributed by atoms with Crippen LogP contribution in [0.15, 0.2) is 23.1 Å². The third kappa shape index (κ3) is 4.64. The van der Waals surface area contributed by atoms with E-state index in [9.17, 15) is 21.6 Å². The maximum absolute atomic E-state index is 12.6. The minimum atomic E-state index is -4.66. The Morgan fingerprint density at radius 1 is 1.26 bits per heavy atom. The van der Waals surface area contributed by atoms with Gasteiger partial charge in [-0.05, 0) is 31.2 Å². The summed E-state index contributed by atoms with van der Waals surface area (Å²) >= 11 is 5.51. The van der Waals surface area contributed by atoms with E-state index in [-0.39, 0.29) is 18.1 Å². The van der Waals surface area contributed by atoms with Crippen molar-refractivity contribution in [3.8, 4) is 0 Å². The molecule has 1 aromatic rings. The van der Waals surface area contributed by atoms with Crippen molar-refractivity contribution < 1.29 is 21.6 Å². The maximum atomic E-state index is 12.6. The van der Waals surface area contributed by atoms with Gasteiger partial charge in [-0.1, -0.05) is 11.6 Å². The van der Waals surface area contributed by atoms with Gasteiger partial charge in [0.25, 0.3) is 0 Å².